The SMILES string of the molecule is O=C(O)c1c(NCC(c2cccnc2)N2CCOCC2)noc1-c1ccccc1. The van der Waals surface area contributed by atoms with E-state index < -0.39 is 5.97 Å². The summed E-state index contributed by atoms with van der Waals surface area (Å²) >= 11 is 0. The number of carbonyl (C=O) groups is 1. The number of hydrogen-bond acceptors (Lipinski definition) is 7. The van der Waals surface area contributed by atoms with E-state index in [1.165, 1.54) is 0 Å². The Balaban J connectivity index is 1.59. The Hall–Kier alpha value is -3.23. The molecule has 0 radical (unpaired) electrons. The van der Waals surface area contributed by atoms with Gasteiger partial charge in [0.1, 0.15) is 0 Å². The Bertz CT molecular complexity index is 940. The number of pyridine rings is 1. The van der Waals surface area contributed by atoms with Crippen molar-refractivity contribution in [3.63, 3.8) is 0 Å². The Morgan fingerprint density at radius 3 is 2.66 bits per heavy atom. The summed E-state index contributed by atoms with van der Waals surface area (Å²) < 4.78 is 10.9. The standard InChI is InChI=1S/C21H22N4O4/c26-21(27)18-19(15-5-2-1-3-6-15)29-24-20(18)23-14-17(16-7-4-8-22-13-16)25-9-11-28-12-10-25/h1-8,13,17H,9-12,14H2,(H,23,24)(H,26,27). The molecule has 1 unspecified atom stereocenters. The molecular formula is C21H22N4O4. The highest BCUT2D eigenvalue weighted by Crippen LogP contribution is 2.30. The van der Waals surface area contributed by atoms with Gasteiger partial charge < -0.3 is 19.7 Å². The molecule has 0 saturated carbocycles. The Labute approximate surface area is 168 Å². The fourth-order valence-electron chi connectivity index (χ4n) is 3.51. The average Bonchev–Trinajstić information content (AvgIpc) is 3.20. The summed E-state index contributed by atoms with van der Waals surface area (Å²) in [6, 6.07) is 13.0. The first-order valence-electron chi connectivity index (χ1n) is 9.48. The number of ether oxygens (including phenoxy) is 1. The number of morpholine rings is 1. The van der Waals surface area contributed by atoms with Crippen LogP contribution in [-0.2, 0) is 4.74 Å². The highest BCUT2D eigenvalue weighted by molar-refractivity contribution is 5.99. The molecule has 0 spiro atoms. The molecule has 8 nitrogen and oxygen atoms in total. The van der Waals surface area contributed by atoms with Crippen molar-refractivity contribution >= 4 is 11.8 Å². The highest BCUT2D eigenvalue weighted by Gasteiger charge is 2.27. The summed E-state index contributed by atoms with van der Waals surface area (Å²) in [5.74, 6) is -0.625. The Morgan fingerprint density at radius 1 is 1.17 bits per heavy atom. The Kier molecular flexibility index (Phi) is 5.83. The largest absolute Gasteiger partial charge is 0.477 e. The third kappa shape index (κ3) is 4.28. The first-order chi connectivity index (χ1) is 14.2. The lowest BCUT2D eigenvalue weighted by molar-refractivity contribution is 0.0186. The fraction of sp³-hybridized carbons (Fsp3) is 0.286. The number of aromatic carboxylic acids is 1. The summed E-state index contributed by atoms with van der Waals surface area (Å²) in [6.07, 6.45) is 3.57. The number of carboxylic acids is 1. The lowest BCUT2D eigenvalue weighted by Gasteiger charge is -2.34. The smallest absolute Gasteiger partial charge is 0.343 e. The first kappa shape index (κ1) is 19.1. The maximum absolute atomic E-state index is 11.9. The maximum atomic E-state index is 11.9. The zero-order chi connectivity index (χ0) is 20.1. The van der Waals surface area contributed by atoms with Crippen LogP contribution in [0.3, 0.4) is 0 Å². The van der Waals surface area contributed by atoms with Crippen molar-refractivity contribution in [1.29, 1.82) is 0 Å². The van der Waals surface area contributed by atoms with Gasteiger partial charge >= 0.3 is 5.97 Å². The van der Waals surface area contributed by atoms with Crippen molar-refractivity contribution in [2.45, 2.75) is 6.04 Å². The number of nitrogens with zero attached hydrogens (tertiary/aromatic N) is 3. The molecule has 4 rings (SSSR count). The minimum Gasteiger partial charge on any atom is -0.477 e. The molecular weight excluding hydrogens is 372 g/mol. The fourth-order valence-corrected chi connectivity index (χ4v) is 3.51. The van der Waals surface area contributed by atoms with Gasteiger partial charge in [-0.1, -0.05) is 41.6 Å². The molecule has 8 heteroatoms. The molecule has 1 atom stereocenters. The predicted octanol–water partition coefficient (Wildman–Crippen LogP) is 2.92. The van der Waals surface area contributed by atoms with Crippen LogP contribution >= 0.6 is 0 Å². The second kappa shape index (κ2) is 8.85. The van der Waals surface area contributed by atoms with Gasteiger partial charge in [-0.2, -0.15) is 0 Å². The quantitative estimate of drug-likeness (QED) is 0.631. The van der Waals surface area contributed by atoms with Crippen molar-refractivity contribution in [3.05, 3.63) is 66.0 Å². The molecule has 2 aromatic heterocycles. The first-order valence-corrected chi connectivity index (χ1v) is 9.48. The van der Waals surface area contributed by atoms with Gasteiger partial charge in [-0.05, 0) is 11.6 Å². The zero-order valence-corrected chi connectivity index (χ0v) is 15.8. The number of aromatic nitrogens is 2. The van der Waals surface area contributed by atoms with Gasteiger partial charge in [0.15, 0.2) is 17.1 Å². The molecule has 1 fully saturated rings. The van der Waals surface area contributed by atoms with Crippen molar-refractivity contribution in [1.82, 2.24) is 15.0 Å². The molecule has 0 aliphatic carbocycles. The van der Waals surface area contributed by atoms with Crippen molar-refractivity contribution in [2.24, 2.45) is 0 Å². The molecule has 1 aliphatic heterocycles. The van der Waals surface area contributed by atoms with Crippen LogP contribution < -0.4 is 5.32 Å². The molecule has 0 bridgehead atoms. The minimum atomic E-state index is -1.09. The van der Waals surface area contributed by atoms with E-state index in [1.54, 1.807) is 18.3 Å². The summed E-state index contributed by atoms with van der Waals surface area (Å²) in [5, 5.41) is 16.9. The van der Waals surface area contributed by atoms with Crippen molar-refractivity contribution < 1.29 is 19.2 Å². The van der Waals surface area contributed by atoms with E-state index in [0.717, 1.165) is 18.7 Å². The molecule has 1 saturated heterocycles. The maximum Gasteiger partial charge on any atom is 0.343 e. The van der Waals surface area contributed by atoms with Gasteiger partial charge in [0, 0.05) is 37.6 Å². The molecule has 3 aromatic rings. The van der Waals surface area contributed by atoms with Crippen LogP contribution in [0.25, 0.3) is 11.3 Å². The molecule has 0 amide bonds. The predicted molar refractivity (Wildman–Crippen MR) is 107 cm³/mol. The highest BCUT2D eigenvalue weighted by atomic mass is 16.5. The number of rotatable bonds is 7. The van der Waals surface area contributed by atoms with E-state index in [0.29, 0.717) is 25.3 Å². The summed E-state index contributed by atoms with van der Waals surface area (Å²) in [7, 11) is 0. The summed E-state index contributed by atoms with van der Waals surface area (Å²) in [6.45, 7) is 3.38. The third-order valence-corrected chi connectivity index (χ3v) is 4.96. The normalized spacial score (nSPS) is 15.7. The van der Waals surface area contributed by atoms with Gasteiger partial charge in [0.05, 0.1) is 19.3 Å². The minimum absolute atomic E-state index is 0.00567. The van der Waals surface area contributed by atoms with E-state index in [-0.39, 0.29) is 23.2 Å². The van der Waals surface area contributed by atoms with Gasteiger partial charge in [-0.15, -0.1) is 0 Å². The number of anilines is 1. The summed E-state index contributed by atoms with van der Waals surface area (Å²) in [5.41, 5.74) is 1.75. The average molecular weight is 394 g/mol. The van der Waals surface area contributed by atoms with Crippen LogP contribution in [-0.4, -0.2) is 59.0 Å². The van der Waals surface area contributed by atoms with Crippen LogP contribution in [0.1, 0.15) is 22.0 Å². The van der Waals surface area contributed by atoms with Crippen LogP contribution in [0.4, 0.5) is 5.82 Å². The molecule has 150 valence electrons. The second-order valence-electron chi connectivity index (χ2n) is 6.74. The topological polar surface area (TPSA) is 101 Å². The van der Waals surface area contributed by atoms with Crippen molar-refractivity contribution in [3.8, 4) is 11.3 Å². The van der Waals surface area contributed by atoms with E-state index in [4.69, 9.17) is 9.26 Å². The van der Waals surface area contributed by atoms with E-state index in [2.05, 4.69) is 20.4 Å². The molecule has 1 aliphatic rings. The van der Waals surface area contributed by atoms with Crippen LogP contribution in [0, 0.1) is 0 Å². The number of carboxylic acid groups (broad SMARTS) is 1. The van der Waals surface area contributed by atoms with Crippen LogP contribution in [0.2, 0.25) is 0 Å². The molecule has 1 aromatic carbocycles. The van der Waals surface area contributed by atoms with Crippen molar-refractivity contribution in [2.75, 3.05) is 38.2 Å². The van der Waals surface area contributed by atoms with Gasteiger partial charge in [-0.25, -0.2) is 4.79 Å². The monoisotopic (exact) mass is 394 g/mol. The summed E-state index contributed by atoms with van der Waals surface area (Å²) in [4.78, 5) is 18.4. The Morgan fingerprint density at radius 2 is 1.97 bits per heavy atom. The second-order valence-corrected chi connectivity index (χ2v) is 6.74. The van der Waals surface area contributed by atoms with Crippen LogP contribution in [0.15, 0.2) is 59.4 Å². The van der Waals surface area contributed by atoms with E-state index in [1.807, 2.05) is 36.5 Å². The molecule has 29 heavy (non-hydrogen) atoms. The number of hydrogen-bond donors (Lipinski definition) is 2. The number of benzene rings is 1. The van der Waals surface area contributed by atoms with E-state index >= 15 is 0 Å². The van der Waals surface area contributed by atoms with E-state index in [9.17, 15) is 9.90 Å². The molecule has 3 heterocycles. The lowest BCUT2D eigenvalue weighted by atomic mass is 10.1. The number of nitrogens with one attached hydrogen (secondary N) is 1. The molecule has 2 N–H and O–H groups in total. The zero-order valence-electron chi connectivity index (χ0n) is 15.8. The van der Waals surface area contributed by atoms with Gasteiger partial charge in [0.2, 0.25) is 0 Å². The van der Waals surface area contributed by atoms with Crippen LogP contribution in [0.5, 0.6) is 0 Å². The van der Waals surface area contributed by atoms with Gasteiger partial charge in [-0.3, -0.25) is 9.88 Å². The lowest BCUT2D eigenvalue weighted by Crippen LogP contribution is -2.41. The van der Waals surface area contributed by atoms with Gasteiger partial charge in [0.25, 0.3) is 0 Å². The third-order valence-electron chi connectivity index (χ3n) is 4.96.